The SMILES string of the molecule is FC(F)(F)c1ccc(-c2cc(-n3cc4nc(Br)nc-4cn3)on2)c(C(F)(F)F)c1. The van der Waals surface area contributed by atoms with Crippen LogP contribution in [0.25, 0.3) is 28.5 Å². The number of benzene rings is 1. The lowest BCUT2D eigenvalue weighted by Crippen LogP contribution is -2.12. The van der Waals surface area contributed by atoms with Gasteiger partial charge in [-0.15, -0.1) is 0 Å². The number of nitrogens with zero attached hydrogens (tertiary/aromatic N) is 5. The van der Waals surface area contributed by atoms with Gasteiger partial charge < -0.3 is 4.52 Å². The molecular weight excluding hydrogens is 472 g/mol. The third-order valence-corrected chi connectivity index (χ3v) is 4.24. The van der Waals surface area contributed by atoms with Gasteiger partial charge in [-0.3, -0.25) is 0 Å². The van der Waals surface area contributed by atoms with Crippen molar-refractivity contribution in [2.45, 2.75) is 12.4 Å². The van der Waals surface area contributed by atoms with Crippen molar-refractivity contribution in [1.29, 1.82) is 0 Å². The summed E-state index contributed by atoms with van der Waals surface area (Å²) in [6.45, 7) is 0. The Morgan fingerprint density at radius 2 is 1.62 bits per heavy atom. The van der Waals surface area contributed by atoms with E-state index in [9.17, 15) is 26.3 Å². The quantitative estimate of drug-likeness (QED) is 0.370. The minimum Gasteiger partial charge on any atom is -0.336 e. The second-order valence-electron chi connectivity index (χ2n) is 5.79. The maximum atomic E-state index is 13.3. The summed E-state index contributed by atoms with van der Waals surface area (Å²) in [5.74, 6) is -0.0611. The van der Waals surface area contributed by atoms with Gasteiger partial charge in [-0.1, -0.05) is 11.2 Å². The van der Waals surface area contributed by atoms with Crippen LogP contribution < -0.4 is 0 Å². The van der Waals surface area contributed by atoms with Crippen molar-refractivity contribution in [3.63, 3.8) is 0 Å². The summed E-state index contributed by atoms with van der Waals surface area (Å²) < 4.78 is 85.0. The monoisotopic (exact) mass is 477 g/mol. The molecule has 13 heteroatoms. The first-order valence-electron chi connectivity index (χ1n) is 7.66. The van der Waals surface area contributed by atoms with Gasteiger partial charge in [0, 0.05) is 11.6 Å². The first-order chi connectivity index (χ1) is 13.5. The molecule has 0 atom stereocenters. The molecule has 150 valence electrons. The van der Waals surface area contributed by atoms with E-state index in [4.69, 9.17) is 4.52 Å². The van der Waals surface area contributed by atoms with E-state index in [1.54, 1.807) is 0 Å². The van der Waals surface area contributed by atoms with Crippen LogP contribution in [0.5, 0.6) is 0 Å². The second kappa shape index (κ2) is 6.54. The van der Waals surface area contributed by atoms with Crippen LogP contribution in [0.1, 0.15) is 11.1 Å². The lowest BCUT2D eigenvalue weighted by atomic mass is 10.0. The zero-order chi connectivity index (χ0) is 21.0. The molecule has 0 amide bonds. The molecule has 29 heavy (non-hydrogen) atoms. The highest BCUT2D eigenvalue weighted by Crippen LogP contribution is 2.40. The van der Waals surface area contributed by atoms with E-state index >= 15 is 0 Å². The zero-order valence-corrected chi connectivity index (χ0v) is 15.3. The van der Waals surface area contributed by atoms with Crippen LogP contribution >= 0.6 is 15.9 Å². The number of halogens is 7. The molecule has 0 saturated heterocycles. The van der Waals surface area contributed by atoms with Crippen LogP contribution in [-0.4, -0.2) is 24.9 Å². The average molecular weight is 478 g/mol. The standard InChI is InChI=1S/C16H6BrF6N5O/c17-14-25-11-5-24-28(6-12(11)26-14)13-4-10(27-29-13)8-2-1-7(15(18,19)20)3-9(8)16(21,22)23/h1-6H. The fraction of sp³-hybridized carbons (Fsp3) is 0.125. The largest absolute Gasteiger partial charge is 0.417 e. The van der Waals surface area contributed by atoms with Crippen LogP contribution in [0, 0.1) is 0 Å². The molecule has 3 heterocycles. The third-order valence-electron chi connectivity index (χ3n) is 3.89. The fourth-order valence-corrected chi connectivity index (χ4v) is 2.98. The molecule has 2 aliphatic rings. The highest BCUT2D eigenvalue weighted by Gasteiger charge is 2.39. The number of aromatic nitrogens is 5. The Morgan fingerprint density at radius 3 is 2.31 bits per heavy atom. The molecule has 0 fully saturated rings. The summed E-state index contributed by atoms with van der Waals surface area (Å²) in [5.41, 5.74) is -2.86. The minimum atomic E-state index is -5.03. The summed E-state index contributed by atoms with van der Waals surface area (Å²) in [5, 5.41) is 7.56. The Balaban J connectivity index is 1.78. The molecule has 0 saturated carbocycles. The van der Waals surface area contributed by atoms with Gasteiger partial charge in [-0.2, -0.15) is 31.4 Å². The summed E-state index contributed by atoms with van der Waals surface area (Å²) in [7, 11) is 0. The van der Waals surface area contributed by atoms with Crippen LogP contribution in [0.4, 0.5) is 26.3 Å². The molecule has 2 aromatic rings. The van der Waals surface area contributed by atoms with Gasteiger partial charge in [0.1, 0.15) is 17.1 Å². The lowest BCUT2D eigenvalue weighted by molar-refractivity contribution is -0.142. The van der Waals surface area contributed by atoms with Crippen molar-refractivity contribution >= 4 is 15.9 Å². The average Bonchev–Trinajstić information content (AvgIpc) is 3.24. The van der Waals surface area contributed by atoms with Crippen LogP contribution in [0.2, 0.25) is 0 Å². The number of hydrogen-bond donors (Lipinski definition) is 0. The van der Waals surface area contributed by atoms with Crippen molar-refractivity contribution in [2.24, 2.45) is 0 Å². The lowest BCUT2D eigenvalue weighted by Gasteiger charge is -2.14. The van der Waals surface area contributed by atoms with E-state index in [0.29, 0.717) is 28.3 Å². The first-order valence-corrected chi connectivity index (χ1v) is 8.45. The van der Waals surface area contributed by atoms with Gasteiger partial charge in [0.25, 0.3) is 5.88 Å². The van der Waals surface area contributed by atoms with Gasteiger partial charge >= 0.3 is 12.4 Å². The van der Waals surface area contributed by atoms with Crippen molar-refractivity contribution < 1.29 is 30.9 Å². The molecule has 0 radical (unpaired) electrons. The van der Waals surface area contributed by atoms with Crippen molar-refractivity contribution in [2.75, 3.05) is 0 Å². The Kier molecular flexibility index (Phi) is 4.37. The van der Waals surface area contributed by atoms with Gasteiger partial charge in [0.2, 0.25) is 0 Å². The fourth-order valence-electron chi connectivity index (χ4n) is 2.59. The molecule has 0 aliphatic carbocycles. The Bertz CT molecular complexity index is 1170. The van der Waals surface area contributed by atoms with Gasteiger partial charge in [-0.25, -0.2) is 14.6 Å². The van der Waals surface area contributed by atoms with E-state index in [0.717, 1.165) is 10.7 Å². The molecule has 6 nitrogen and oxygen atoms in total. The molecule has 1 aromatic carbocycles. The molecular formula is C16H6BrF6N5O. The summed E-state index contributed by atoms with van der Waals surface area (Å²) in [6.07, 6.45) is -7.18. The summed E-state index contributed by atoms with van der Waals surface area (Å²) in [6, 6.07) is 2.42. The smallest absolute Gasteiger partial charge is 0.336 e. The zero-order valence-electron chi connectivity index (χ0n) is 13.8. The second-order valence-corrected chi connectivity index (χ2v) is 6.50. The molecule has 0 bridgehead atoms. The molecule has 0 unspecified atom stereocenters. The van der Waals surface area contributed by atoms with E-state index in [-0.39, 0.29) is 17.6 Å². The number of rotatable bonds is 2. The molecule has 0 spiro atoms. The Hall–Kier alpha value is -2.96. The number of alkyl halides is 6. The first kappa shape index (κ1) is 19.4. The molecule has 4 rings (SSSR count). The predicted molar refractivity (Wildman–Crippen MR) is 89.0 cm³/mol. The van der Waals surface area contributed by atoms with Gasteiger partial charge in [0.05, 0.1) is 23.5 Å². The normalized spacial score (nSPS) is 12.7. The minimum absolute atomic E-state index is 0.0399. The van der Waals surface area contributed by atoms with Crippen LogP contribution in [-0.2, 0) is 12.4 Å². The number of hydrogen-bond acceptors (Lipinski definition) is 5. The molecule has 1 aromatic heterocycles. The van der Waals surface area contributed by atoms with E-state index < -0.39 is 29.0 Å². The number of fused-ring (bicyclic) bond motifs is 1. The molecule has 0 N–H and O–H groups in total. The van der Waals surface area contributed by atoms with Crippen molar-refractivity contribution in [1.82, 2.24) is 24.9 Å². The van der Waals surface area contributed by atoms with Crippen molar-refractivity contribution in [3.05, 3.63) is 52.5 Å². The van der Waals surface area contributed by atoms with Gasteiger partial charge in [0.15, 0.2) is 4.73 Å². The summed E-state index contributed by atoms with van der Waals surface area (Å²) in [4.78, 5) is 8.10. The van der Waals surface area contributed by atoms with Crippen LogP contribution in [0.15, 0.2) is 45.9 Å². The van der Waals surface area contributed by atoms with Crippen LogP contribution in [0.3, 0.4) is 0 Å². The predicted octanol–water partition coefficient (Wildman–Crippen LogP) is 5.22. The van der Waals surface area contributed by atoms with E-state index in [2.05, 4.69) is 36.2 Å². The van der Waals surface area contributed by atoms with Gasteiger partial charge in [-0.05, 0) is 28.1 Å². The highest BCUT2D eigenvalue weighted by molar-refractivity contribution is 9.10. The maximum absolute atomic E-state index is 13.3. The topological polar surface area (TPSA) is 69.6 Å². The highest BCUT2D eigenvalue weighted by atomic mass is 79.9. The Labute approximate surface area is 165 Å². The Morgan fingerprint density at radius 1 is 0.897 bits per heavy atom. The third kappa shape index (κ3) is 3.69. The van der Waals surface area contributed by atoms with E-state index in [1.165, 1.54) is 12.4 Å². The number of imidazole rings is 1. The maximum Gasteiger partial charge on any atom is 0.417 e. The summed E-state index contributed by atoms with van der Waals surface area (Å²) >= 11 is 3.10. The van der Waals surface area contributed by atoms with E-state index in [1.807, 2.05) is 0 Å². The molecule has 2 aliphatic heterocycles. The van der Waals surface area contributed by atoms with Crippen molar-refractivity contribution in [3.8, 4) is 28.5 Å².